The number of hydrogen-bond donors (Lipinski definition) is 2. The van der Waals surface area contributed by atoms with E-state index in [-0.39, 0.29) is 5.56 Å². The fourth-order valence-electron chi connectivity index (χ4n) is 2.67. The Morgan fingerprint density at radius 2 is 2.08 bits per heavy atom. The number of phenols is 1. The average Bonchev–Trinajstić information content (AvgIpc) is 3.17. The summed E-state index contributed by atoms with van der Waals surface area (Å²) in [5.74, 6) is -2.39. The zero-order valence-electron chi connectivity index (χ0n) is 12.2. The molecule has 0 saturated heterocycles. The van der Waals surface area contributed by atoms with Crippen molar-refractivity contribution in [2.75, 3.05) is 0 Å². The molecule has 2 N–H and O–H groups in total. The van der Waals surface area contributed by atoms with Crippen molar-refractivity contribution >= 4 is 20.8 Å². The molecule has 1 aromatic heterocycles. The molecule has 1 saturated carbocycles. The van der Waals surface area contributed by atoms with Crippen LogP contribution in [0.4, 0.5) is 4.39 Å². The fourth-order valence-corrected chi connectivity index (χ4v) is 3.83. The SMILES string of the molecule is O=C1C=C(c2c(O)ccc(-c3cn(C4CC4)cn3)c2F)S(=O)(=O)N1. The van der Waals surface area contributed by atoms with Crippen LogP contribution in [0.2, 0.25) is 0 Å². The van der Waals surface area contributed by atoms with Gasteiger partial charge in [-0.1, -0.05) is 0 Å². The third kappa shape index (κ3) is 2.28. The van der Waals surface area contributed by atoms with E-state index in [0.29, 0.717) is 11.7 Å². The number of rotatable bonds is 3. The number of hydrogen-bond acceptors (Lipinski definition) is 5. The van der Waals surface area contributed by atoms with Crippen LogP contribution in [0.1, 0.15) is 24.4 Å². The van der Waals surface area contributed by atoms with Gasteiger partial charge in [0.25, 0.3) is 15.9 Å². The van der Waals surface area contributed by atoms with Gasteiger partial charge in [-0.15, -0.1) is 0 Å². The van der Waals surface area contributed by atoms with Gasteiger partial charge >= 0.3 is 0 Å². The third-order valence-electron chi connectivity index (χ3n) is 4.00. The van der Waals surface area contributed by atoms with Gasteiger partial charge in [-0.25, -0.2) is 22.5 Å². The Morgan fingerprint density at radius 1 is 1.33 bits per heavy atom. The van der Waals surface area contributed by atoms with E-state index in [4.69, 9.17) is 0 Å². The number of aromatic hydroxyl groups is 1. The van der Waals surface area contributed by atoms with Crippen molar-refractivity contribution in [2.45, 2.75) is 18.9 Å². The summed E-state index contributed by atoms with van der Waals surface area (Å²) in [4.78, 5) is 14.9. The smallest absolute Gasteiger partial charge is 0.265 e. The third-order valence-corrected chi connectivity index (χ3v) is 5.37. The van der Waals surface area contributed by atoms with Crippen molar-refractivity contribution in [3.05, 3.63) is 42.1 Å². The molecule has 4 rings (SSSR count). The van der Waals surface area contributed by atoms with E-state index in [9.17, 15) is 22.7 Å². The highest BCUT2D eigenvalue weighted by molar-refractivity contribution is 8.00. The van der Waals surface area contributed by atoms with E-state index in [2.05, 4.69) is 4.98 Å². The number of benzene rings is 1. The molecule has 1 aliphatic heterocycles. The Balaban J connectivity index is 1.86. The fraction of sp³-hybridized carbons (Fsp3) is 0.200. The Bertz CT molecular complexity index is 1010. The number of carbonyl (C=O) groups excluding carboxylic acids is 1. The molecular weight excluding hydrogens is 337 g/mol. The van der Waals surface area contributed by atoms with Crippen molar-refractivity contribution in [3.63, 3.8) is 0 Å². The number of sulfonamides is 1. The second-order valence-corrected chi connectivity index (χ2v) is 7.39. The molecule has 124 valence electrons. The first-order chi connectivity index (χ1) is 11.4. The van der Waals surface area contributed by atoms with Crippen LogP contribution in [0.5, 0.6) is 5.75 Å². The van der Waals surface area contributed by atoms with E-state index in [1.807, 2.05) is 4.57 Å². The number of amides is 1. The van der Waals surface area contributed by atoms with E-state index in [0.717, 1.165) is 18.9 Å². The van der Waals surface area contributed by atoms with Crippen LogP contribution >= 0.6 is 0 Å². The average molecular weight is 349 g/mol. The molecule has 0 bridgehead atoms. The quantitative estimate of drug-likeness (QED) is 0.875. The predicted octanol–water partition coefficient (Wildman–Crippen LogP) is 1.53. The summed E-state index contributed by atoms with van der Waals surface area (Å²) in [6.07, 6.45) is 6.10. The number of phenolic OH excluding ortho intramolecular Hbond substituents is 1. The molecule has 0 unspecified atom stereocenters. The first kappa shape index (κ1) is 14.9. The van der Waals surface area contributed by atoms with E-state index in [1.54, 1.807) is 17.2 Å². The molecule has 0 radical (unpaired) electrons. The van der Waals surface area contributed by atoms with Gasteiger partial charge in [-0.2, -0.15) is 0 Å². The predicted molar refractivity (Wildman–Crippen MR) is 82.6 cm³/mol. The van der Waals surface area contributed by atoms with Gasteiger partial charge in [-0.05, 0) is 25.0 Å². The van der Waals surface area contributed by atoms with Crippen molar-refractivity contribution < 1.29 is 22.7 Å². The van der Waals surface area contributed by atoms with Gasteiger partial charge < -0.3 is 9.67 Å². The Hall–Kier alpha value is -2.68. The zero-order chi connectivity index (χ0) is 17.1. The molecular formula is C15H12FN3O4S. The maximum absolute atomic E-state index is 14.9. The van der Waals surface area contributed by atoms with Crippen LogP contribution in [-0.2, 0) is 14.8 Å². The molecule has 2 aliphatic rings. The lowest BCUT2D eigenvalue weighted by Crippen LogP contribution is -2.22. The first-order valence-corrected chi connectivity index (χ1v) is 8.69. The van der Waals surface area contributed by atoms with Gasteiger partial charge in [0, 0.05) is 23.9 Å². The van der Waals surface area contributed by atoms with Crippen molar-refractivity contribution in [1.82, 2.24) is 14.3 Å². The van der Waals surface area contributed by atoms with Crippen molar-refractivity contribution in [2.24, 2.45) is 0 Å². The number of halogens is 1. The molecule has 1 fully saturated rings. The van der Waals surface area contributed by atoms with E-state index in [1.165, 1.54) is 12.1 Å². The molecule has 9 heteroatoms. The van der Waals surface area contributed by atoms with Gasteiger partial charge in [0.1, 0.15) is 16.5 Å². The summed E-state index contributed by atoms with van der Waals surface area (Å²) < 4.78 is 42.4. The summed E-state index contributed by atoms with van der Waals surface area (Å²) in [5, 5.41) is 9.94. The Morgan fingerprint density at radius 3 is 2.71 bits per heavy atom. The maximum Gasteiger partial charge on any atom is 0.265 e. The summed E-state index contributed by atoms with van der Waals surface area (Å²) in [7, 11) is -4.20. The monoisotopic (exact) mass is 349 g/mol. The van der Waals surface area contributed by atoms with Crippen LogP contribution < -0.4 is 4.72 Å². The molecule has 7 nitrogen and oxygen atoms in total. The van der Waals surface area contributed by atoms with E-state index < -0.39 is 38.0 Å². The molecule has 0 atom stereocenters. The minimum absolute atomic E-state index is 0.0534. The van der Waals surface area contributed by atoms with Crippen LogP contribution in [0.15, 0.2) is 30.7 Å². The van der Waals surface area contributed by atoms with Crippen molar-refractivity contribution in [3.8, 4) is 17.0 Å². The molecule has 1 aliphatic carbocycles. The van der Waals surface area contributed by atoms with E-state index >= 15 is 0 Å². The van der Waals surface area contributed by atoms with Crippen molar-refractivity contribution in [1.29, 1.82) is 0 Å². The van der Waals surface area contributed by atoms with Gasteiger partial charge in [0.2, 0.25) is 0 Å². The lowest BCUT2D eigenvalue weighted by molar-refractivity contribution is -0.114. The van der Waals surface area contributed by atoms with Gasteiger partial charge in [0.15, 0.2) is 0 Å². The summed E-state index contributed by atoms with van der Waals surface area (Å²) >= 11 is 0. The molecule has 0 spiro atoms. The lowest BCUT2D eigenvalue weighted by Gasteiger charge is -2.10. The number of nitrogens with one attached hydrogen (secondary N) is 1. The number of nitrogens with zero attached hydrogens (tertiary/aromatic N) is 2. The largest absolute Gasteiger partial charge is 0.507 e. The lowest BCUT2D eigenvalue weighted by atomic mass is 10.1. The molecule has 1 amide bonds. The number of aromatic nitrogens is 2. The molecule has 24 heavy (non-hydrogen) atoms. The molecule has 2 aromatic rings. The highest BCUT2D eigenvalue weighted by atomic mass is 32.2. The minimum atomic E-state index is -4.20. The summed E-state index contributed by atoms with van der Waals surface area (Å²) in [5.41, 5.74) is -0.152. The van der Waals surface area contributed by atoms with Gasteiger partial charge in [0.05, 0.1) is 17.6 Å². The summed E-state index contributed by atoms with van der Waals surface area (Å²) in [6, 6.07) is 2.87. The minimum Gasteiger partial charge on any atom is -0.507 e. The number of imidazole rings is 1. The first-order valence-electron chi connectivity index (χ1n) is 7.21. The Kier molecular flexibility index (Phi) is 3.04. The van der Waals surface area contributed by atoms with Crippen LogP contribution in [-0.4, -0.2) is 29.0 Å². The molecule has 1 aromatic carbocycles. The zero-order valence-corrected chi connectivity index (χ0v) is 13.0. The van der Waals surface area contributed by atoms with Crippen LogP contribution in [0.3, 0.4) is 0 Å². The van der Waals surface area contributed by atoms with Crippen LogP contribution in [0, 0.1) is 5.82 Å². The maximum atomic E-state index is 14.9. The second-order valence-electron chi connectivity index (χ2n) is 5.74. The Labute approximate surface area is 136 Å². The molecule has 2 heterocycles. The van der Waals surface area contributed by atoms with Crippen LogP contribution in [0.25, 0.3) is 16.2 Å². The number of carbonyl (C=O) groups is 1. The second kappa shape index (κ2) is 4.91. The van der Waals surface area contributed by atoms with Gasteiger partial charge in [-0.3, -0.25) is 4.79 Å². The highest BCUT2D eigenvalue weighted by Gasteiger charge is 2.34. The topological polar surface area (TPSA) is 101 Å². The standard InChI is InChI=1S/C15H12FN3O4S/c16-15-9(10-6-19(7-17-10)8-1-2-8)3-4-11(20)14(15)12-5-13(21)18-24(12,22)23/h3-8,20H,1-2H2,(H,18,21). The summed E-state index contributed by atoms with van der Waals surface area (Å²) in [6.45, 7) is 0. The normalized spacial score (nSPS) is 19.2. The highest BCUT2D eigenvalue weighted by Crippen LogP contribution is 2.39.